The van der Waals surface area contributed by atoms with Crippen LogP contribution < -0.4 is 5.32 Å². The summed E-state index contributed by atoms with van der Waals surface area (Å²) in [7, 11) is 0. The SMILES string of the molecule is Cc1cc(Nc2nc(N=C3C=CC4OC(=O)c5ccccc5C4C3)nc3ccccc23)n[nH]1. The van der Waals surface area contributed by atoms with Crippen molar-refractivity contribution in [3.8, 4) is 0 Å². The molecule has 4 aromatic rings. The van der Waals surface area contributed by atoms with E-state index in [0.29, 0.717) is 29.6 Å². The van der Waals surface area contributed by atoms with Crippen LogP contribution in [0.5, 0.6) is 0 Å². The second-order valence-electron chi connectivity index (χ2n) is 8.18. The Labute approximate surface area is 189 Å². The molecule has 3 heterocycles. The van der Waals surface area contributed by atoms with Crippen molar-refractivity contribution in [2.45, 2.75) is 25.4 Å². The van der Waals surface area contributed by atoms with Crippen LogP contribution in [0.3, 0.4) is 0 Å². The van der Waals surface area contributed by atoms with Crippen molar-refractivity contribution in [1.29, 1.82) is 0 Å². The van der Waals surface area contributed by atoms with Crippen LogP contribution in [0.25, 0.3) is 10.9 Å². The third kappa shape index (κ3) is 3.55. The number of fused-ring (bicyclic) bond motifs is 4. The molecular formula is C25H20N6O2. The van der Waals surface area contributed by atoms with Gasteiger partial charge in [0.2, 0.25) is 0 Å². The monoisotopic (exact) mass is 436 g/mol. The van der Waals surface area contributed by atoms with Gasteiger partial charge < -0.3 is 10.1 Å². The van der Waals surface area contributed by atoms with E-state index in [9.17, 15) is 4.79 Å². The maximum absolute atomic E-state index is 12.3. The fourth-order valence-electron chi connectivity index (χ4n) is 4.38. The first kappa shape index (κ1) is 19.4. The third-order valence-electron chi connectivity index (χ3n) is 5.91. The first-order valence-electron chi connectivity index (χ1n) is 10.8. The molecule has 6 rings (SSSR count). The third-order valence-corrected chi connectivity index (χ3v) is 5.91. The minimum Gasteiger partial charge on any atom is -0.454 e. The number of rotatable bonds is 3. The second-order valence-corrected chi connectivity index (χ2v) is 8.18. The van der Waals surface area contributed by atoms with Gasteiger partial charge in [-0.05, 0) is 42.8 Å². The van der Waals surface area contributed by atoms with Gasteiger partial charge in [-0.25, -0.2) is 14.8 Å². The van der Waals surface area contributed by atoms with Gasteiger partial charge in [-0.1, -0.05) is 30.3 Å². The topological polar surface area (TPSA) is 105 Å². The van der Waals surface area contributed by atoms with Crippen molar-refractivity contribution in [2.24, 2.45) is 4.99 Å². The van der Waals surface area contributed by atoms with Gasteiger partial charge in [-0.15, -0.1) is 0 Å². The molecule has 2 N–H and O–H groups in total. The highest BCUT2D eigenvalue weighted by Gasteiger charge is 2.36. The lowest BCUT2D eigenvalue weighted by molar-refractivity contribution is 0.0294. The van der Waals surface area contributed by atoms with Gasteiger partial charge in [0, 0.05) is 35.2 Å². The lowest BCUT2D eigenvalue weighted by Gasteiger charge is -2.33. The van der Waals surface area contributed by atoms with Gasteiger partial charge in [0.05, 0.1) is 11.1 Å². The summed E-state index contributed by atoms with van der Waals surface area (Å²) in [5, 5.41) is 11.3. The van der Waals surface area contributed by atoms with Crippen LogP contribution in [0.2, 0.25) is 0 Å². The number of carbonyl (C=O) groups excluding carboxylic acids is 1. The number of aryl methyl sites for hydroxylation is 1. The first-order chi connectivity index (χ1) is 16.1. The number of esters is 1. The van der Waals surface area contributed by atoms with Crippen LogP contribution in [0.4, 0.5) is 17.6 Å². The highest BCUT2D eigenvalue weighted by molar-refractivity contribution is 6.00. The Kier molecular flexibility index (Phi) is 4.50. The van der Waals surface area contributed by atoms with E-state index in [-0.39, 0.29) is 18.0 Å². The number of aromatic amines is 1. The van der Waals surface area contributed by atoms with Crippen LogP contribution in [0.15, 0.2) is 71.7 Å². The molecule has 2 unspecified atom stereocenters. The molecule has 8 nitrogen and oxygen atoms in total. The van der Waals surface area contributed by atoms with E-state index < -0.39 is 0 Å². The number of aliphatic imine (C=N–C) groups is 1. The maximum Gasteiger partial charge on any atom is 0.339 e. The molecule has 1 aliphatic heterocycles. The molecule has 2 aromatic heterocycles. The smallest absolute Gasteiger partial charge is 0.339 e. The largest absolute Gasteiger partial charge is 0.454 e. The van der Waals surface area contributed by atoms with Crippen molar-refractivity contribution in [3.63, 3.8) is 0 Å². The van der Waals surface area contributed by atoms with Gasteiger partial charge >= 0.3 is 5.97 Å². The summed E-state index contributed by atoms with van der Waals surface area (Å²) in [4.78, 5) is 26.4. The lowest BCUT2D eigenvalue weighted by atomic mass is 9.80. The maximum atomic E-state index is 12.3. The van der Waals surface area contributed by atoms with Crippen molar-refractivity contribution < 1.29 is 9.53 Å². The van der Waals surface area contributed by atoms with Gasteiger partial charge in [0.15, 0.2) is 5.82 Å². The van der Waals surface area contributed by atoms with E-state index in [1.165, 1.54) is 0 Å². The van der Waals surface area contributed by atoms with Crippen LogP contribution in [0.1, 0.15) is 34.0 Å². The van der Waals surface area contributed by atoms with Crippen LogP contribution in [-0.2, 0) is 4.74 Å². The van der Waals surface area contributed by atoms with Crippen LogP contribution >= 0.6 is 0 Å². The quantitative estimate of drug-likeness (QED) is 0.449. The van der Waals surface area contributed by atoms with E-state index in [1.54, 1.807) is 0 Å². The number of hydrogen-bond acceptors (Lipinski definition) is 7. The summed E-state index contributed by atoms with van der Waals surface area (Å²) in [6.07, 6.45) is 4.13. The summed E-state index contributed by atoms with van der Waals surface area (Å²) in [6.45, 7) is 1.94. The molecule has 0 spiro atoms. The van der Waals surface area contributed by atoms with Gasteiger partial charge in [-0.3, -0.25) is 5.10 Å². The molecule has 2 aliphatic rings. The minimum atomic E-state index is -0.288. The molecule has 162 valence electrons. The van der Waals surface area contributed by atoms with Crippen LogP contribution in [0, 0.1) is 6.92 Å². The summed E-state index contributed by atoms with van der Waals surface area (Å²) >= 11 is 0. The average Bonchev–Trinajstić information content (AvgIpc) is 3.24. The Morgan fingerprint density at radius 3 is 2.85 bits per heavy atom. The Morgan fingerprint density at radius 2 is 1.97 bits per heavy atom. The van der Waals surface area contributed by atoms with E-state index in [0.717, 1.165) is 27.9 Å². The Balaban J connectivity index is 1.38. The lowest BCUT2D eigenvalue weighted by Crippen LogP contribution is -2.34. The standard InChI is InChI=1S/C25H20N6O2/c1-14-12-22(31-30-14)28-23-18-8-4-5-9-20(18)27-25(29-23)26-15-10-11-21-19(13-15)16-6-2-3-7-17(16)24(32)33-21/h2-12,19,21H,13H2,1H3,(H2,27,28,29,30,31). The molecule has 2 atom stereocenters. The molecule has 2 aromatic carbocycles. The molecule has 0 saturated heterocycles. The highest BCUT2D eigenvalue weighted by Crippen LogP contribution is 2.37. The number of H-pyrrole nitrogens is 1. The highest BCUT2D eigenvalue weighted by atomic mass is 16.5. The Hall–Kier alpha value is -4.33. The van der Waals surface area contributed by atoms with Gasteiger partial charge in [0.25, 0.3) is 5.95 Å². The fourth-order valence-corrected chi connectivity index (χ4v) is 4.38. The number of aromatic nitrogens is 4. The number of ether oxygens (including phenoxy) is 1. The summed E-state index contributed by atoms with van der Waals surface area (Å²) < 4.78 is 5.63. The van der Waals surface area contributed by atoms with E-state index >= 15 is 0 Å². The summed E-state index contributed by atoms with van der Waals surface area (Å²) in [5.74, 6) is 1.42. The number of allylic oxidation sites excluding steroid dienone is 1. The Bertz CT molecular complexity index is 1450. The van der Waals surface area contributed by atoms with Gasteiger partial charge in [0.1, 0.15) is 11.9 Å². The van der Waals surface area contributed by atoms with E-state index in [1.807, 2.05) is 73.7 Å². The number of carbonyl (C=O) groups is 1. The molecule has 0 radical (unpaired) electrons. The zero-order valence-corrected chi connectivity index (χ0v) is 17.8. The number of anilines is 2. The summed E-state index contributed by atoms with van der Waals surface area (Å²) in [6, 6.07) is 17.3. The second kappa shape index (κ2) is 7.67. The zero-order valence-electron chi connectivity index (χ0n) is 17.8. The van der Waals surface area contributed by atoms with Crippen molar-refractivity contribution in [2.75, 3.05) is 5.32 Å². The van der Waals surface area contributed by atoms with E-state index in [4.69, 9.17) is 9.73 Å². The van der Waals surface area contributed by atoms with Crippen LogP contribution in [-0.4, -0.2) is 38.0 Å². The van der Waals surface area contributed by atoms with Crippen molar-refractivity contribution >= 4 is 40.2 Å². The molecule has 33 heavy (non-hydrogen) atoms. The normalized spacial score (nSPS) is 20.4. The van der Waals surface area contributed by atoms with Gasteiger partial charge in [-0.2, -0.15) is 10.1 Å². The summed E-state index contributed by atoms with van der Waals surface area (Å²) in [5.41, 5.74) is 4.19. The zero-order chi connectivity index (χ0) is 22.4. The molecular weight excluding hydrogens is 416 g/mol. The molecule has 0 bridgehead atoms. The molecule has 1 aliphatic carbocycles. The van der Waals surface area contributed by atoms with Crippen molar-refractivity contribution in [3.05, 3.63) is 83.6 Å². The minimum absolute atomic E-state index is 0.0210. The number of nitrogens with zero attached hydrogens (tertiary/aromatic N) is 4. The molecule has 0 fully saturated rings. The first-order valence-corrected chi connectivity index (χ1v) is 10.8. The fraction of sp³-hybridized carbons (Fsp3) is 0.160. The molecule has 0 saturated carbocycles. The number of hydrogen-bond donors (Lipinski definition) is 2. The number of nitrogens with one attached hydrogen (secondary N) is 2. The van der Waals surface area contributed by atoms with E-state index in [2.05, 4.69) is 25.5 Å². The Morgan fingerprint density at radius 1 is 1.12 bits per heavy atom. The molecule has 8 heteroatoms. The predicted molar refractivity (Wildman–Crippen MR) is 125 cm³/mol. The predicted octanol–water partition coefficient (Wildman–Crippen LogP) is 4.76. The average molecular weight is 436 g/mol. The molecule has 0 amide bonds. The number of para-hydroxylation sites is 1. The number of benzene rings is 2. The van der Waals surface area contributed by atoms with Crippen molar-refractivity contribution in [1.82, 2.24) is 20.2 Å².